The number of aliphatic hydroxyl groups excluding tert-OH is 2. The fraction of sp³-hybridized carbons (Fsp3) is 0.500. The first-order valence-corrected chi connectivity index (χ1v) is 9.37. The van der Waals surface area contributed by atoms with Crippen molar-refractivity contribution < 1.29 is 14.9 Å². The molecule has 1 aliphatic rings. The number of nitrogens with zero attached hydrogens (tertiary/aromatic N) is 1. The van der Waals surface area contributed by atoms with Gasteiger partial charge in [-0.15, -0.1) is 0 Å². The molecule has 2 heterocycles. The number of rotatable bonds is 7. The predicted octanol–water partition coefficient (Wildman–Crippen LogP) is 1.13. The van der Waals surface area contributed by atoms with Crippen LogP contribution in [0.5, 0.6) is 0 Å². The van der Waals surface area contributed by atoms with Crippen molar-refractivity contribution in [1.82, 2.24) is 9.55 Å². The second-order valence-corrected chi connectivity index (χ2v) is 7.03. The molecule has 1 unspecified atom stereocenters. The van der Waals surface area contributed by atoms with Crippen LogP contribution in [0.2, 0.25) is 0 Å². The van der Waals surface area contributed by atoms with Gasteiger partial charge >= 0.3 is 5.69 Å². The van der Waals surface area contributed by atoms with Gasteiger partial charge in [0.1, 0.15) is 6.23 Å². The first kappa shape index (κ1) is 19.5. The number of nitrogens with one attached hydrogen (secondary N) is 1. The second kappa shape index (κ2) is 8.65. The Balaban J connectivity index is 1.60. The Bertz CT molecular complexity index is 861. The number of H-pyrrole nitrogens is 1. The Morgan fingerprint density at radius 2 is 2.04 bits per heavy atom. The maximum absolute atomic E-state index is 12.1. The van der Waals surface area contributed by atoms with Gasteiger partial charge in [-0.25, -0.2) is 4.79 Å². The number of aliphatic hydroxyl groups is 2. The highest BCUT2D eigenvalue weighted by molar-refractivity contribution is 5.15. The van der Waals surface area contributed by atoms with Crippen LogP contribution in [0.3, 0.4) is 0 Å². The normalized spacial score (nSPS) is 23.4. The maximum atomic E-state index is 12.1. The van der Waals surface area contributed by atoms with E-state index in [1.54, 1.807) is 0 Å². The van der Waals surface area contributed by atoms with Crippen molar-refractivity contribution in [2.45, 2.75) is 63.6 Å². The zero-order valence-corrected chi connectivity index (χ0v) is 15.4. The zero-order chi connectivity index (χ0) is 19.4. The van der Waals surface area contributed by atoms with Crippen LogP contribution in [-0.2, 0) is 17.6 Å². The van der Waals surface area contributed by atoms with E-state index in [0.717, 1.165) is 5.56 Å². The van der Waals surface area contributed by atoms with Gasteiger partial charge in [0.15, 0.2) is 0 Å². The van der Waals surface area contributed by atoms with E-state index in [4.69, 9.17) is 4.74 Å². The third kappa shape index (κ3) is 4.74. The van der Waals surface area contributed by atoms with E-state index in [-0.39, 0.29) is 6.42 Å². The average Bonchev–Trinajstić information content (AvgIpc) is 3.01. The minimum atomic E-state index is -0.720. The molecule has 0 spiro atoms. The van der Waals surface area contributed by atoms with Gasteiger partial charge in [0.25, 0.3) is 5.56 Å². The summed E-state index contributed by atoms with van der Waals surface area (Å²) in [6.07, 6.45) is 1.49. The third-order valence-electron chi connectivity index (χ3n) is 5.04. The van der Waals surface area contributed by atoms with Crippen molar-refractivity contribution in [3.05, 3.63) is 68.5 Å². The van der Waals surface area contributed by atoms with Crippen LogP contribution in [-0.4, -0.2) is 38.1 Å². The highest BCUT2D eigenvalue weighted by Crippen LogP contribution is 2.30. The van der Waals surface area contributed by atoms with E-state index in [0.29, 0.717) is 31.2 Å². The maximum Gasteiger partial charge on any atom is 0.330 e. The lowest BCUT2D eigenvalue weighted by Gasteiger charge is -2.18. The topological polar surface area (TPSA) is 105 Å². The molecule has 3 N–H and O–H groups in total. The number of ether oxygens (including phenoxy) is 1. The molecule has 0 saturated carbocycles. The fourth-order valence-electron chi connectivity index (χ4n) is 3.48. The molecule has 1 fully saturated rings. The number of hydrogen-bond acceptors (Lipinski definition) is 5. The zero-order valence-electron chi connectivity index (χ0n) is 15.4. The summed E-state index contributed by atoms with van der Waals surface area (Å²) in [5.74, 6) is 0. The molecule has 3 rings (SSSR count). The van der Waals surface area contributed by atoms with Crippen LogP contribution in [0.25, 0.3) is 0 Å². The van der Waals surface area contributed by atoms with Crippen LogP contribution in [0, 0.1) is 0 Å². The summed E-state index contributed by atoms with van der Waals surface area (Å²) in [6.45, 7) is 1.83. The summed E-state index contributed by atoms with van der Waals surface area (Å²) < 4.78 is 7.20. The van der Waals surface area contributed by atoms with Crippen molar-refractivity contribution >= 4 is 0 Å². The van der Waals surface area contributed by atoms with Gasteiger partial charge in [0.05, 0.1) is 18.3 Å². The number of aryl methyl sites for hydroxylation is 1. The second-order valence-electron chi connectivity index (χ2n) is 7.03. The summed E-state index contributed by atoms with van der Waals surface area (Å²) in [7, 11) is 0. The summed E-state index contributed by atoms with van der Waals surface area (Å²) in [5, 5.41) is 20.5. The molecule has 1 aromatic carbocycles. The lowest BCUT2D eigenvalue weighted by molar-refractivity contribution is -0.0301. The molecule has 146 valence electrons. The lowest BCUT2D eigenvalue weighted by atomic mass is 10.0. The first-order chi connectivity index (χ1) is 13.0. The summed E-state index contributed by atoms with van der Waals surface area (Å²) >= 11 is 0. The molecule has 27 heavy (non-hydrogen) atoms. The largest absolute Gasteiger partial charge is 0.393 e. The van der Waals surface area contributed by atoms with Crippen molar-refractivity contribution in [1.29, 1.82) is 0 Å². The van der Waals surface area contributed by atoms with Gasteiger partial charge in [-0.2, -0.15) is 0 Å². The molecule has 1 saturated heterocycles. The van der Waals surface area contributed by atoms with Gasteiger partial charge in [-0.3, -0.25) is 14.3 Å². The summed E-state index contributed by atoms with van der Waals surface area (Å²) in [6, 6.07) is 9.73. The number of hydrogen-bond donors (Lipinski definition) is 3. The van der Waals surface area contributed by atoms with Gasteiger partial charge in [0, 0.05) is 18.2 Å². The molecule has 0 radical (unpaired) electrons. The first-order valence-electron chi connectivity index (χ1n) is 9.37. The standard InChI is InChI=1S/C20H26N2O5/c1-2-14-12-22(20(26)21-19(14)25)18-11-16(24)17(27-18)9-8-15(23)10-13-6-4-3-5-7-13/h3-7,12,15-18,23-24H,2,8-11H2,1H3,(H,21,25,26)/t15?,16-,17+,18+/m0/s1. The van der Waals surface area contributed by atoms with E-state index in [2.05, 4.69) is 4.98 Å². The minimum Gasteiger partial charge on any atom is -0.393 e. The Hall–Kier alpha value is -2.22. The van der Waals surface area contributed by atoms with Crippen molar-refractivity contribution in [3.63, 3.8) is 0 Å². The lowest BCUT2D eigenvalue weighted by Crippen LogP contribution is -2.34. The van der Waals surface area contributed by atoms with E-state index < -0.39 is 35.8 Å². The van der Waals surface area contributed by atoms with Crippen LogP contribution < -0.4 is 11.2 Å². The number of aromatic amines is 1. The van der Waals surface area contributed by atoms with Crippen molar-refractivity contribution in [3.8, 4) is 0 Å². The SMILES string of the molecule is CCc1cn([C@H]2C[C@H](O)[C@@H](CCC(O)Cc3ccccc3)O2)c(=O)[nH]c1=O. The van der Waals surface area contributed by atoms with E-state index in [1.165, 1.54) is 10.8 Å². The Kier molecular flexibility index (Phi) is 6.26. The molecule has 7 heteroatoms. The summed E-state index contributed by atoms with van der Waals surface area (Å²) in [4.78, 5) is 26.1. The number of aromatic nitrogens is 2. The smallest absolute Gasteiger partial charge is 0.330 e. The monoisotopic (exact) mass is 374 g/mol. The molecule has 1 aliphatic heterocycles. The van der Waals surface area contributed by atoms with Gasteiger partial charge < -0.3 is 14.9 Å². The molecule has 2 aromatic rings. The van der Waals surface area contributed by atoms with Crippen molar-refractivity contribution in [2.24, 2.45) is 0 Å². The molecule has 0 aliphatic carbocycles. The van der Waals surface area contributed by atoms with E-state index in [1.807, 2.05) is 37.3 Å². The summed E-state index contributed by atoms with van der Waals surface area (Å²) in [5.41, 5.74) is 0.620. The average molecular weight is 374 g/mol. The van der Waals surface area contributed by atoms with Gasteiger partial charge in [-0.05, 0) is 31.2 Å². The van der Waals surface area contributed by atoms with Crippen LogP contribution in [0.4, 0.5) is 0 Å². The van der Waals surface area contributed by atoms with Gasteiger partial charge in [-0.1, -0.05) is 37.3 Å². The molecule has 7 nitrogen and oxygen atoms in total. The third-order valence-corrected chi connectivity index (χ3v) is 5.04. The fourth-order valence-corrected chi connectivity index (χ4v) is 3.48. The molecular weight excluding hydrogens is 348 g/mol. The van der Waals surface area contributed by atoms with Crippen LogP contribution >= 0.6 is 0 Å². The highest BCUT2D eigenvalue weighted by atomic mass is 16.5. The molecule has 0 amide bonds. The minimum absolute atomic E-state index is 0.272. The van der Waals surface area contributed by atoms with E-state index in [9.17, 15) is 19.8 Å². The molecule has 1 aromatic heterocycles. The predicted molar refractivity (Wildman–Crippen MR) is 101 cm³/mol. The Morgan fingerprint density at radius 3 is 2.74 bits per heavy atom. The Morgan fingerprint density at radius 1 is 1.30 bits per heavy atom. The number of benzene rings is 1. The van der Waals surface area contributed by atoms with Crippen LogP contribution in [0.1, 0.15) is 43.5 Å². The Labute approximate surface area is 157 Å². The quantitative estimate of drug-likeness (QED) is 0.674. The van der Waals surface area contributed by atoms with Crippen LogP contribution in [0.15, 0.2) is 46.1 Å². The molecule has 0 bridgehead atoms. The van der Waals surface area contributed by atoms with Gasteiger partial charge in [0.2, 0.25) is 0 Å². The van der Waals surface area contributed by atoms with E-state index >= 15 is 0 Å². The van der Waals surface area contributed by atoms with Crippen molar-refractivity contribution in [2.75, 3.05) is 0 Å². The molecular formula is C20H26N2O5. The molecule has 4 atom stereocenters. The highest BCUT2D eigenvalue weighted by Gasteiger charge is 2.35.